The average molecular weight is 395 g/mol. The van der Waals surface area contributed by atoms with Crippen LogP contribution < -0.4 is 0 Å². The summed E-state index contributed by atoms with van der Waals surface area (Å²) in [6, 6.07) is 8.91. The maximum atomic E-state index is 3.47. The molecule has 1 aromatic rings. The van der Waals surface area contributed by atoms with E-state index in [4.69, 9.17) is 0 Å². The minimum absolute atomic E-state index is 1.16. The van der Waals surface area contributed by atoms with Crippen molar-refractivity contribution in [2.45, 2.75) is 44.9 Å². The molecule has 0 spiro atoms. The van der Waals surface area contributed by atoms with Gasteiger partial charge < -0.3 is 0 Å². The molecule has 90 valence electrons. The van der Waals surface area contributed by atoms with Crippen molar-refractivity contribution in [3.8, 4) is 0 Å². The number of halogens is 2. The van der Waals surface area contributed by atoms with Crippen molar-refractivity contribution < 1.29 is 0 Å². The van der Waals surface area contributed by atoms with Crippen LogP contribution in [-0.4, -0.2) is 5.33 Å². The first kappa shape index (κ1) is 14.5. The second-order valence-corrected chi connectivity index (χ2v) is 6.23. The zero-order chi connectivity index (χ0) is 11.6. The Hall–Kier alpha value is 0.430. The summed E-state index contributed by atoms with van der Waals surface area (Å²) >= 11 is 5.82. The van der Waals surface area contributed by atoms with E-state index in [9.17, 15) is 0 Å². The van der Waals surface area contributed by atoms with Crippen LogP contribution in [0.1, 0.15) is 44.1 Å². The van der Waals surface area contributed by atoms with Crippen LogP contribution in [0.25, 0.3) is 0 Å². The van der Waals surface area contributed by atoms with E-state index in [1.807, 2.05) is 0 Å². The topological polar surface area (TPSA) is 0 Å². The van der Waals surface area contributed by atoms with Gasteiger partial charge in [0, 0.05) is 8.90 Å². The Labute approximate surface area is 121 Å². The molecule has 0 saturated carbocycles. The molecule has 0 saturated heterocycles. The molecule has 0 aliphatic rings. The van der Waals surface area contributed by atoms with Gasteiger partial charge in [-0.1, -0.05) is 53.7 Å². The van der Waals surface area contributed by atoms with Crippen molar-refractivity contribution in [3.63, 3.8) is 0 Å². The van der Waals surface area contributed by atoms with Crippen molar-refractivity contribution in [2.24, 2.45) is 0 Å². The molecule has 16 heavy (non-hydrogen) atoms. The van der Waals surface area contributed by atoms with Gasteiger partial charge >= 0.3 is 0 Å². The SMILES string of the molecule is BrCCCCCCCCc1ccc(I)cc1. The lowest BCUT2D eigenvalue weighted by Gasteiger charge is -2.02. The molecule has 0 aliphatic heterocycles. The number of hydrogen-bond acceptors (Lipinski definition) is 0. The highest BCUT2D eigenvalue weighted by molar-refractivity contribution is 14.1. The molecular weight excluding hydrogens is 375 g/mol. The molecule has 0 aromatic heterocycles. The Balaban J connectivity index is 2.01. The molecule has 0 atom stereocenters. The summed E-state index contributed by atoms with van der Waals surface area (Å²) in [5.41, 5.74) is 1.49. The fraction of sp³-hybridized carbons (Fsp3) is 0.571. The molecule has 1 rings (SSSR count). The second-order valence-electron chi connectivity index (χ2n) is 4.19. The van der Waals surface area contributed by atoms with Gasteiger partial charge in [0.05, 0.1) is 0 Å². The third-order valence-electron chi connectivity index (χ3n) is 2.76. The Morgan fingerprint density at radius 2 is 1.38 bits per heavy atom. The van der Waals surface area contributed by atoms with Crippen LogP contribution in [-0.2, 0) is 6.42 Å². The molecule has 0 fully saturated rings. The van der Waals surface area contributed by atoms with E-state index in [-0.39, 0.29) is 0 Å². The maximum Gasteiger partial charge on any atom is 0.0130 e. The molecule has 0 radical (unpaired) electrons. The Morgan fingerprint density at radius 3 is 2.00 bits per heavy atom. The predicted octanol–water partition coefficient (Wildman–Crippen LogP) is 5.57. The summed E-state index contributed by atoms with van der Waals surface area (Å²) in [5.74, 6) is 0. The molecule has 0 unspecified atom stereocenters. The third-order valence-corrected chi connectivity index (χ3v) is 4.04. The normalized spacial score (nSPS) is 10.6. The summed E-state index contributed by atoms with van der Waals surface area (Å²) in [5, 5.41) is 1.16. The first-order valence-electron chi connectivity index (χ1n) is 6.13. The van der Waals surface area contributed by atoms with Crippen LogP contribution >= 0.6 is 38.5 Å². The molecular formula is C14H20BrI. The van der Waals surface area contributed by atoms with Crippen LogP contribution in [0.15, 0.2) is 24.3 Å². The van der Waals surface area contributed by atoms with Gasteiger partial charge in [-0.05, 0) is 59.5 Å². The van der Waals surface area contributed by atoms with Gasteiger partial charge in [-0.15, -0.1) is 0 Å². The quantitative estimate of drug-likeness (QED) is 0.307. The van der Waals surface area contributed by atoms with Crippen LogP contribution in [0.3, 0.4) is 0 Å². The molecule has 0 amide bonds. The highest BCUT2D eigenvalue weighted by atomic mass is 127. The number of alkyl halides is 1. The maximum absolute atomic E-state index is 3.47. The minimum Gasteiger partial charge on any atom is -0.0928 e. The van der Waals surface area contributed by atoms with E-state index in [0.717, 1.165) is 5.33 Å². The first-order chi connectivity index (χ1) is 7.83. The zero-order valence-electron chi connectivity index (χ0n) is 9.72. The Kier molecular flexibility index (Phi) is 8.57. The Bertz CT molecular complexity index is 269. The minimum atomic E-state index is 1.16. The standard InChI is InChI=1S/C14H20BrI/c15-12-6-4-2-1-3-5-7-13-8-10-14(16)11-9-13/h8-11H,1-7,12H2. The number of rotatable bonds is 8. The highest BCUT2D eigenvalue weighted by Gasteiger charge is 1.94. The fourth-order valence-corrected chi connectivity index (χ4v) is 2.54. The second kappa shape index (κ2) is 9.46. The molecule has 2 heteroatoms. The molecule has 0 heterocycles. The summed E-state index contributed by atoms with van der Waals surface area (Å²) in [7, 11) is 0. The largest absolute Gasteiger partial charge is 0.0928 e. The molecule has 0 aliphatic carbocycles. The molecule has 0 nitrogen and oxygen atoms in total. The van der Waals surface area contributed by atoms with Gasteiger partial charge in [0.1, 0.15) is 0 Å². The van der Waals surface area contributed by atoms with E-state index >= 15 is 0 Å². The summed E-state index contributed by atoms with van der Waals surface area (Å²) < 4.78 is 1.33. The van der Waals surface area contributed by atoms with Crippen LogP contribution in [0.5, 0.6) is 0 Å². The Morgan fingerprint density at radius 1 is 0.812 bits per heavy atom. The van der Waals surface area contributed by atoms with Crippen LogP contribution in [0.4, 0.5) is 0 Å². The van der Waals surface area contributed by atoms with Crippen LogP contribution in [0, 0.1) is 3.57 Å². The number of hydrogen-bond donors (Lipinski definition) is 0. The molecule has 1 aromatic carbocycles. The lowest BCUT2D eigenvalue weighted by Crippen LogP contribution is -1.86. The van der Waals surface area contributed by atoms with Gasteiger partial charge in [-0.25, -0.2) is 0 Å². The van der Waals surface area contributed by atoms with Gasteiger partial charge in [-0.3, -0.25) is 0 Å². The van der Waals surface area contributed by atoms with E-state index in [0.29, 0.717) is 0 Å². The molecule has 0 N–H and O–H groups in total. The molecule has 0 bridgehead atoms. The highest BCUT2D eigenvalue weighted by Crippen LogP contribution is 2.12. The summed E-state index contributed by atoms with van der Waals surface area (Å²) in [6.45, 7) is 0. The first-order valence-corrected chi connectivity index (χ1v) is 8.33. The smallest absolute Gasteiger partial charge is 0.0130 e. The average Bonchev–Trinajstić information content (AvgIpc) is 2.30. The van der Waals surface area contributed by atoms with Gasteiger partial charge in [0.15, 0.2) is 0 Å². The van der Waals surface area contributed by atoms with Crippen molar-refractivity contribution >= 4 is 38.5 Å². The predicted molar refractivity (Wildman–Crippen MR) is 84.4 cm³/mol. The summed E-state index contributed by atoms with van der Waals surface area (Å²) in [4.78, 5) is 0. The van der Waals surface area contributed by atoms with Crippen molar-refractivity contribution in [2.75, 3.05) is 5.33 Å². The van der Waals surface area contributed by atoms with Gasteiger partial charge in [0.25, 0.3) is 0 Å². The zero-order valence-corrected chi connectivity index (χ0v) is 13.5. The third kappa shape index (κ3) is 6.89. The number of unbranched alkanes of at least 4 members (excludes halogenated alkanes) is 5. The summed E-state index contributed by atoms with van der Waals surface area (Å²) in [6.07, 6.45) is 9.49. The van der Waals surface area contributed by atoms with Gasteiger partial charge in [0.2, 0.25) is 0 Å². The van der Waals surface area contributed by atoms with Crippen LogP contribution in [0.2, 0.25) is 0 Å². The number of aryl methyl sites for hydroxylation is 1. The van der Waals surface area contributed by atoms with Crippen molar-refractivity contribution in [1.82, 2.24) is 0 Å². The van der Waals surface area contributed by atoms with E-state index in [1.165, 1.54) is 54.1 Å². The number of benzene rings is 1. The fourth-order valence-electron chi connectivity index (χ4n) is 1.78. The van der Waals surface area contributed by atoms with Crippen molar-refractivity contribution in [1.29, 1.82) is 0 Å². The van der Waals surface area contributed by atoms with E-state index in [1.54, 1.807) is 0 Å². The van der Waals surface area contributed by atoms with E-state index < -0.39 is 0 Å². The van der Waals surface area contributed by atoms with Gasteiger partial charge in [-0.2, -0.15) is 0 Å². The van der Waals surface area contributed by atoms with E-state index in [2.05, 4.69) is 62.8 Å². The monoisotopic (exact) mass is 394 g/mol. The van der Waals surface area contributed by atoms with Crippen molar-refractivity contribution in [3.05, 3.63) is 33.4 Å². The lowest BCUT2D eigenvalue weighted by atomic mass is 10.1. The lowest BCUT2D eigenvalue weighted by molar-refractivity contribution is 0.610.